The fourth-order valence-corrected chi connectivity index (χ4v) is 1.36. The molecule has 0 saturated heterocycles. The first-order valence-corrected chi connectivity index (χ1v) is 6.14. The topological polar surface area (TPSA) is 70.1 Å². The van der Waals surface area contributed by atoms with Gasteiger partial charge in [-0.25, -0.2) is 9.97 Å². The molecule has 0 aliphatic rings. The molecule has 0 aromatic carbocycles. The van der Waals surface area contributed by atoms with Crippen LogP contribution in [0.3, 0.4) is 0 Å². The van der Waals surface area contributed by atoms with Crippen LogP contribution in [0, 0.1) is 0 Å². The third-order valence-corrected chi connectivity index (χ3v) is 2.51. The molecule has 0 fully saturated rings. The number of nitrogens with zero attached hydrogens (tertiary/aromatic N) is 2. The van der Waals surface area contributed by atoms with Gasteiger partial charge in [-0.15, -0.1) is 0 Å². The Morgan fingerprint density at radius 2 is 1.67 bits per heavy atom. The minimum Gasteiger partial charge on any atom is -0.394 e. The van der Waals surface area contributed by atoms with Gasteiger partial charge in [0.25, 0.3) is 0 Å². The lowest BCUT2D eigenvalue weighted by Gasteiger charge is -2.26. The van der Waals surface area contributed by atoms with E-state index < -0.39 is 5.54 Å². The molecule has 1 heterocycles. The number of hydrogen-bond donors (Lipinski definition) is 3. The summed E-state index contributed by atoms with van der Waals surface area (Å²) in [5.74, 6) is 2.26. The highest BCUT2D eigenvalue weighted by atomic mass is 16.3. The molecule has 18 heavy (non-hydrogen) atoms. The standard InChI is InChI=1S/C13H24N4O/c1-12(2,3)11-15-9(14-6)7-10(16-11)17-13(4,5)8-18/h7,18H,8H2,1-6H3,(H2,14,15,16,17). The molecule has 0 atom stereocenters. The van der Waals surface area contributed by atoms with Crippen molar-refractivity contribution in [3.05, 3.63) is 11.9 Å². The number of aliphatic hydroxyl groups is 1. The van der Waals surface area contributed by atoms with Crippen LogP contribution < -0.4 is 10.6 Å². The number of anilines is 2. The monoisotopic (exact) mass is 252 g/mol. The lowest BCUT2D eigenvalue weighted by atomic mass is 9.95. The van der Waals surface area contributed by atoms with Crippen LogP contribution in [0.5, 0.6) is 0 Å². The number of aliphatic hydroxyl groups excluding tert-OH is 1. The smallest absolute Gasteiger partial charge is 0.138 e. The van der Waals surface area contributed by atoms with Crippen molar-refractivity contribution in [3.63, 3.8) is 0 Å². The quantitative estimate of drug-likeness (QED) is 0.764. The van der Waals surface area contributed by atoms with Crippen molar-refractivity contribution in [3.8, 4) is 0 Å². The molecular formula is C13H24N4O. The Labute approximate surface area is 109 Å². The maximum Gasteiger partial charge on any atom is 0.138 e. The van der Waals surface area contributed by atoms with E-state index in [1.165, 1.54) is 0 Å². The van der Waals surface area contributed by atoms with Crippen molar-refractivity contribution in [1.29, 1.82) is 0 Å². The molecule has 0 aliphatic carbocycles. The fourth-order valence-electron chi connectivity index (χ4n) is 1.36. The number of nitrogens with one attached hydrogen (secondary N) is 2. The highest BCUT2D eigenvalue weighted by molar-refractivity contribution is 5.49. The molecule has 5 nitrogen and oxygen atoms in total. The van der Waals surface area contributed by atoms with E-state index in [-0.39, 0.29) is 12.0 Å². The summed E-state index contributed by atoms with van der Waals surface area (Å²) < 4.78 is 0. The minimum atomic E-state index is -0.408. The van der Waals surface area contributed by atoms with Gasteiger partial charge in [-0.3, -0.25) is 0 Å². The summed E-state index contributed by atoms with van der Waals surface area (Å²) in [6.45, 7) is 10.1. The van der Waals surface area contributed by atoms with Gasteiger partial charge in [-0.2, -0.15) is 0 Å². The van der Waals surface area contributed by atoms with Gasteiger partial charge >= 0.3 is 0 Å². The second kappa shape index (κ2) is 5.10. The van der Waals surface area contributed by atoms with E-state index in [0.717, 1.165) is 17.5 Å². The lowest BCUT2D eigenvalue weighted by Crippen LogP contribution is -2.35. The Morgan fingerprint density at radius 3 is 2.11 bits per heavy atom. The molecular weight excluding hydrogens is 228 g/mol. The van der Waals surface area contributed by atoms with Crippen LogP contribution in [0.4, 0.5) is 11.6 Å². The third kappa shape index (κ3) is 3.84. The first-order valence-electron chi connectivity index (χ1n) is 6.14. The zero-order valence-electron chi connectivity index (χ0n) is 12.1. The lowest BCUT2D eigenvalue weighted by molar-refractivity contribution is 0.234. The maximum absolute atomic E-state index is 9.29. The molecule has 102 valence electrons. The Kier molecular flexibility index (Phi) is 4.16. The molecule has 1 aromatic rings. The van der Waals surface area contributed by atoms with Gasteiger partial charge in [0.2, 0.25) is 0 Å². The summed E-state index contributed by atoms with van der Waals surface area (Å²) in [6.07, 6.45) is 0. The van der Waals surface area contributed by atoms with E-state index in [4.69, 9.17) is 0 Å². The van der Waals surface area contributed by atoms with Crippen LogP contribution in [0.25, 0.3) is 0 Å². The molecule has 0 bridgehead atoms. The van der Waals surface area contributed by atoms with Gasteiger partial charge in [0, 0.05) is 18.5 Å². The molecule has 0 aliphatic heterocycles. The van der Waals surface area contributed by atoms with Crippen molar-refractivity contribution < 1.29 is 5.11 Å². The van der Waals surface area contributed by atoms with Crippen LogP contribution in [-0.2, 0) is 5.41 Å². The summed E-state index contributed by atoms with van der Waals surface area (Å²) in [5.41, 5.74) is -0.527. The Hall–Kier alpha value is -1.36. The molecule has 5 heteroatoms. The van der Waals surface area contributed by atoms with E-state index >= 15 is 0 Å². The van der Waals surface area contributed by atoms with Crippen LogP contribution in [0.2, 0.25) is 0 Å². The average molecular weight is 252 g/mol. The molecule has 3 N–H and O–H groups in total. The number of hydrogen-bond acceptors (Lipinski definition) is 5. The third-order valence-electron chi connectivity index (χ3n) is 2.51. The summed E-state index contributed by atoms with van der Waals surface area (Å²) in [4.78, 5) is 8.97. The maximum atomic E-state index is 9.29. The van der Waals surface area contributed by atoms with Crippen LogP contribution in [-0.4, -0.2) is 34.3 Å². The van der Waals surface area contributed by atoms with Crippen LogP contribution in [0.1, 0.15) is 40.4 Å². The zero-order valence-corrected chi connectivity index (χ0v) is 12.1. The van der Waals surface area contributed by atoms with Gasteiger partial charge in [0.1, 0.15) is 17.5 Å². The van der Waals surface area contributed by atoms with Crippen molar-refractivity contribution in [1.82, 2.24) is 9.97 Å². The van der Waals surface area contributed by atoms with Gasteiger partial charge < -0.3 is 15.7 Å². The van der Waals surface area contributed by atoms with Gasteiger partial charge in [0.15, 0.2) is 0 Å². The van der Waals surface area contributed by atoms with E-state index in [1.54, 1.807) is 0 Å². The predicted molar refractivity (Wildman–Crippen MR) is 75.1 cm³/mol. The summed E-state index contributed by atoms with van der Waals surface area (Å²) >= 11 is 0. The van der Waals surface area contributed by atoms with Crippen LogP contribution >= 0.6 is 0 Å². The van der Waals surface area contributed by atoms with Gasteiger partial charge in [-0.05, 0) is 13.8 Å². The predicted octanol–water partition coefficient (Wildman–Crippen LogP) is 2.00. The molecule has 0 amide bonds. The van der Waals surface area contributed by atoms with Crippen molar-refractivity contribution in [2.24, 2.45) is 0 Å². The Morgan fingerprint density at radius 1 is 1.11 bits per heavy atom. The summed E-state index contributed by atoms with van der Waals surface area (Å²) in [5, 5.41) is 15.5. The zero-order chi connectivity index (χ0) is 14.0. The minimum absolute atomic E-state index is 0.0384. The highest BCUT2D eigenvalue weighted by Gasteiger charge is 2.21. The van der Waals surface area contributed by atoms with E-state index in [1.807, 2.05) is 27.0 Å². The number of rotatable bonds is 4. The van der Waals surface area contributed by atoms with E-state index in [2.05, 4.69) is 41.4 Å². The summed E-state index contributed by atoms with van der Waals surface area (Å²) in [6, 6.07) is 1.84. The SMILES string of the molecule is CNc1cc(NC(C)(C)CO)nc(C(C)(C)C)n1. The van der Waals surface area contributed by atoms with Crippen molar-refractivity contribution in [2.45, 2.75) is 45.6 Å². The molecule has 0 radical (unpaired) electrons. The fraction of sp³-hybridized carbons (Fsp3) is 0.692. The second-order valence-electron chi connectivity index (χ2n) is 6.13. The highest BCUT2D eigenvalue weighted by Crippen LogP contribution is 2.23. The first kappa shape index (κ1) is 14.7. The van der Waals surface area contributed by atoms with Crippen LogP contribution in [0.15, 0.2) is 6.07 Å². The molecule has 1 aromatic heterocycles. The molecule has 1 rings (SSSR count). The van der Waals surface area contributed by atoms with E-state index in [9.17, 15) is 5.11 Å². The van der Waals surface area contributed by atoms with Crippen molar-refractivity contribution in [2.75, 3.05) is 24.3 Å². The molecule has 0 unspecified atom stereocenters. The molecule has 0 saturated carbocycles. The Bertz CT molecular complexity index is 410. The normalized spacial score (nSPS) is 12.4. The van der Waals surface area contributed by atoms with E-state index in [0.29, 0.717) is 0 Å². The average Bonchev–Trinajstić information content (AvgIpc) is 2.27. The largest absolute Gasteiger partial charge is 0.394 e. The van der Waals surface area contributed by atoms with Gasteiger partial charge in [0.05, 0.1) is 12.1 Å². The van der Waals surface area contributed by atoms with Gasteiger partial charge in [-0.1, -0.05) is 20.8 Å². The summed E-state index contributed by atoms with van der Waals surface area (Å²) in [7, 11) is 1.83. The Balaban J connectivity index is 3.13. The van der Waals surface area contributed by atoms with Crippen molar-refractivity contribution >= 4 is 11.6 Å². The number of aromatic nitrogens is 2. The second-order valence-corrected chi connectivity index (χ2v) is 6.13. The first-order chi connectivity index (χ1) is 8.18. The molecule has 0 spiro atoms.